The lowest BCUT2D eigenvalue weighted by Gasteiger charge is -2.47. The molecule has 0 aliphatic carbocycles. The zero-order chi connectivity index (χ0) is 24.1. The summed E-state index contributed by atoms with van der Waals surface area (Å²) in [5, 5.41) is 1.88. The normalized spacial score (nSPS) is 13.8. The summed E-state index contributed by atoms with van der Waals surface area (Å²) in [6.07, 6.45) is 1.63. The summed E-state index contributed by atoms with van der Waals surface area (Å²) < 4.78 is 12.8. The number of pyridine rings is 1. The third kappa shape index (κ3) is 5.43. The molecule has 0 fully saturated rings. The van der Waals surface area contributed by atoms with E-state index in [0.717, 1.165) is 16.1 Å². The van der Waals surface area contributed by atoms with E-state index in [1.165, 1.54) is 0 Å². The fourth-order valence-corrected chi connectivity index (χ4v) is 9.04. The van der Waals surface area contributed by atoms with Crippen molar-refractivity contribution in [3.63, 3.8) is 0 Å². The molecule has 33 heavy (non-hydrogen) atoms. The van der Waals surface area contributed by atoms with Gasteiger partial charge >= 0.3 is 6.09 Å². The van der Waals surface area contributed by atoms with E-state index in [1.807, 2.05) is 36.4 Å². The third-order valence-electron chi connectivity index (χ3n) is 5.84. The molecule has 0 unspecified atom stereocenters. The van der Waals surface area contributed by atoms with Gasteiger partial charge in [-0.1, -0.05) is 81.4 Å². The van der Waals surface area contributed by atoms with Crippen LogP contribution in [0.4, 0.5) is 10.5 Å². The van der Waals surface area contributed by atoms with Crippen molar-refractivity contribution in [2.75, 3.05) is 5.73 Å². The fraction of sp³-hybridized carbons (Fsp3) is 0.308. The van der Waals surface area contributed by atoms with Crippen molar-refractivity contribution in [2.45, 2.75) is 51.4 Å². The largest absolute Gasteiger partial charge is 0.418 e. The number of nitrogens with zero attached hydrogens (tertiary/aromatic N) is 1. The van der Waals surface area contributed by atoms with Crippen LogP contribution >= 0.6 is 0 Å². The van der Waals surface area contributed by atoms with E-state index >= 15 is 0 Å². The highest BCUT2D eigenvalue weighted by Crippen LogP contribution is 2.40. The van der Waals surface area contributed by atoms with Crippen molar-refractivity contribution >= 4 is 30.5 Å². The van der Waals surface area contributed by atoms with Gasteiger partial charge in [-0.05, 0) is 34.0 Å². The molecule has 1 aromatic heterocycles. The van der Waals surface area contributed by atoms with Gasteiger partial charge in [-0.2, -0.15) is 0 Å². The van der Waals surface area contributed by atoms with E-state index in [-0.39, 0.29) is 5.04 Å². The highest BCUT2D eigenvalue weighted by Gasteiger charge is 2.54. The summed E-state index contributed by atoms with van der Waals surface area (Å²) in [6.45, 7) is 8.28. The second-order valence-electron chi connectivity index (χ2n) is 9.36. The summed E-state index contributed by atoms with van der Waals surface area (Å²) in [7, 11) is -2.99. The zero-order valence-electron chi connectivity index (χ0n) is 19.7. The van der Waals surface area contributed by atoms with Crippen LogP contribution in [0.25, 0.3) is 0 Å². The van der Waals surface area contributed by atoms with E-state index in [1.54, 1.807) is 25.3 Å². The van der Waals surface area contributed by atoms with Crippen LogP contribution in [0.3, 0.4) is 0 Å². The van der Waals surface area contributed by atoms with Crippen molar-refractivity contribution in [1.29, 1.82) is 0 Å². The number of primary amides is 1. The molecule has 4 N–H and O–H groups in total. The van der Waals surface area contributed by atoms with E-state index in [4.69, 9.17) is 20.6 Å². The van der Waals surface area contributed by atoms with Gasteiger partial charge < -0.3 is 20.6 Å². The monoisotopic (exact) mass is 463 g/mol. The van der Waals surface area contributed by atoms with E-state index in [9.17, 15) is 4.79 Å². The lowest BCUT2D eigenvalue weighted by molar-refractivity contribution is -0.134. The number of carbonyl (C=O) groups excluding carboxylic acids is 1. The van der Waals surface area contributed by atoms with Gasteiger partial charge in [0, 0.05) is 19.5 Å². The Bertz CT molecular complexity index is 1030. The Morgan fingerprint density at radius 1 is 0.909 bits per heavy atom. The SMILES string of the molecule is CC(C)(C)[Si](O[C@@](C)(CCc1ncccc1N)OC(N)=O)(c1ccccc1)c1ccccc1. The Morgan fingerprint density at radius 3 is 1.91 bits per heavy atom. The molecule has 174 valence electrons. The van der Waals surface area contributed by atoms with Gasteiger partial charge in [0.05, 0.1) is 11.4 Å². The number of nitrogen functional groups attached to an aromatic ring is 1. The predicted molar refractivity (Wildman–Crippen MR) is 135 cm³/mol. The molecule has 2 aromatic carbocycles. The highest BCUT2D eigenvalue weighted by molar-refractivity contribution is 6.99. The van der Waals surface area contributed by atoms with Gasteiger partial charge in [0.1, 0.15) is 0 Å². The molecule has 3 rings (SSSR count). The van der Waals surface area contributed by atoms with Crippen LogP contribution in [0.5, 0.6) is 0 Å². The summed E-state index contributed by atoms with van der Waals surface area (Å²) in [4.78, 5) is 16.4. The maximum Gasteiger partial charge on any atom is 0.406 e. The van der Waals surface area contributed by atoms with Gasteiger partial charge in [-0.3, -0.25) is 4.98 Å². The lowest BCUT2D eigenvalue weighted by atomic mass is 10.1. The first kappa shape index (κ1) is 24.5. The van der Waals surface area contributed by atoms with Crippen LogP contribution in [0.2, 0.25) is 5.04 Å². The number of nitrogens with two attached hydrogens (primary N) is 2. The molecule has 0 saturated heterocycles. The lowest BCUT2D eigenvalue weighted by Crippen LogP contribution is -2.69. The summed E-state index contributed by atoms with van der Waals surface area (Å²) in [6, 6.07) is 24.0. The molecule has 1 amide bonds. The highest BCUT2D eigenvalue weighted by atomic mass is 28.4. The van der Waals surface area contributed by atoms with Gasteiger partial charge in [0.15, 0.2) is 0 Å². The average molecular weight is 464 g/mol. The smallest absolute Gasteiger partial charge is 0.406 e. The summed E-state index contributed by atoms with van der Waals surface area (Å²) in [5.41, 5.74) is 12.9. The second-order valence-corrected chi connectivity index (χ2v) is 13.6. The molecular formula is C26H33N3O3Si. The topological polar surface area (TPSA) is 100 Å². The van der Waals surface area contributed by atoms with Crippen molar-refractivity contribution in [1.82, 2.24) is 4.98 Å². The van der Waals surface area contributed by atoms with Gasteiger partial charge in [0.25, 0.3) is 8.32 Å². The molecule has 0 saturated carbocycles. The molecule has 7 heteroatoms. The van der Waals surface area contributed by atoms with Crippen LogP contribution in [-0.2, 0) is 15.6 Å². The number of rotatable bonds is 8. The maximum absolute atomic E-state index is 12.0. The van der Waals surface area contributed by atoms with E-state index in [2.05, 4.69) is 50.0 Å². The Morgan fingerprint density at radius 2 is 1.45 bits per heavy atom. The van der Waals surface area contributed by atoms with Gasteiger partial charge in [0.2, 0.25) is 5.79 Å². The fourth-order valence-electron chi connectivity index (χ4n) is 4.31. The Kier molecular flexibility index (Phi) is 7.24. The van der Waals surface area contributed by atoms with Crippen molar-refractivity contribution < 1.29 is 14.0 Å². The van der Waals surface area contributed by atoms with Crippen LogP contribution in [0.15, 0.2) is 79.0 Å². The molecular weight excluding hydrogens is 430 g/mol. The molecule has 0 bridgehead atoms. The number of hydrogen-bond acceptors (Lipinski definition) is 5. The first-order valence-electron chi connectivity index (χ1n) is 11.1. The minimum atomic E-state index is -2.99. The molecule has 1 heterocycles. The predicted octanol–water partition coefficient (Wildman–Crippen LogP) is 3.98. The van der Waals surface area contributed by atoms with Gasteiger partial charge in [-0.25, -0.2) is 4.79 Å². The molecule has 0 radical (unpaired) electrons. The molecule has 0 spiro atoms. The van der Waals surface area contributed by atoms with Crippen LogP contribution in [0, 0.1) is 0 Å². The molecule has 0 aliphatic rings. The molecule has 0 aliphatic heterocycles. The molecule has 1 atom stereocenters. The van der Waals surface area contributed by atoms with Crippen molar-refractivity contribution in [3.05, 3.63) is 84.7 Å². The third-order valence-corrected chi connectivity index (χ3v) is 11.0. The number of aryl methyl sites for hydroxylation is 1. The first-order chi connectivity index (χ1) is 15.6. The van der Waals surface area contributed by atoms with Crippen molar-refractivity contribution in [2.24, 2.45) is 5.73 Å². The quantitative estimate of drug-likeness (QED) is 0.389. The van der Waals surface area contributed by atoms with Crippen molar-refractivity contribution in [3.8, 4) is 0 Å². The van der Waals surface area contributed by atoms with E-state index < -0.39 is 20.2 Å². The van der Waals surface area contributed by atoms with Crippen LogP contribution in [0.1, 0.15) is 39.8 Å². The zero-order valence-corrected chi connectivity index (χ0v) is 20.7. The Hall–Kier alpha value is -3.16. The Balaban J connectivity index is 2.13. The summed E-state index contributed by atoms with van der Waals surface area (Å²) >= 11 is 0. The number of benzene rings is 2. The number of ether oxygens (including phenoxy) is 1. The van der Waals surface area contributed by atoms with Gasteiger partial charge in [-0.15, -0.1) is 0 Å². The average Bonchev–Trinajstić information content (AvgIpc) is 2.77. The van der Waals surface area contributed by atoms with Crippen LogP contribution < -0.4 is 21.8 Å². The number of amides is 1. The number of anilines is 1. The second kappa shape index (κ2) is 9.76. The number of carbonyl (C=O) groups is 1. The number of aromatic nitrogens is 1. The summed E-state index contributed by atoms with van der Waals surface area (Å²) in [5.74, 6) is -1.29. The molecule has 6 nitrogen and oxygen atoms in total. The minimum absolute atomic E-state index is 0.290. The van der Waals surface area contributed by atoms with E-state index in [0.29, 0.717) is 18.5 Å². The first-order valence-corrected chi connectivity index (χ1v) is 13.0. The Labute approximate surface area is 197 Å². The maximum atomic E-state index is 12.0. The van der Waals surface area contributed by atoms with Crippen LogP contribution in [-0.4, -0.2) is 25.2 Å². The number of hydrogen-bond donors (Lipinski definition) is 2. The molecule has 3 aromatic rings. The standard InChI is InChI=1S/C26H33N3O3Si/c1-25(2,3)33(20-12-7-5-8-13-20,21-14-9-6-10-15-21)32-26(4,31-24(28)30)18-17-23-22(27)16-11-19-29-23/h5-16,19H,17-18,27H2,1-4H3,(H2,28,30)/t26-/m0/s1. The minimum Gasteiger partial charge on any atom is -0.418 e.